The fraction of sp³-hybridized carbons (Fsp3) is 0.615. The van der Waals surface area contributed by atoms with E-state index in [0.29, 0.717) is 30.3 Å². The van der Waals surface area contributed by atoms with Crippen LogP contribution >= 0.6 is 11.3 Å². The van der Waals surface area contributed by atoms with Gasteiger partial charge in [-0.05, 0) is 32.1 Å². The number of hydrogen-bond donors (Lipinski definition) is 2. The van der Waals surface area contributed by atoms with Crippen LogP contribution in [0.15, 0.2) is 5.38 Å². The zero-order chi connectivity index (χ0) is 13.4. The molecule has 0 bridgehead atoms. The molecule has 19 heavy (non-hydrogen) atoms. The number of rotatable bonds is 4. The summed E-state index contributed by atoms with van der Waals surface area (Å²) in [5.74, 6) is -0.839. The molecule has 2 atom stereocenters. The largest absolute Gasteiger partial charge is 0.481 e. The number of nitrogens with one attached hydrogen (secondary N) is 1. The van der Waals surface area contributed by atoms with E-state index in [-0.39, 0.29) is 17.7 Å². The van der Waals surface area contributed by atoms with Gasteiger partial charge in [0.1, 0.15) is 0 Å². The SMILES string of the molecule is O=C(O)[C@H]1CC[C@@H](C(=O)Nc2nc(C3CC3)cs2)C1. The topological polar surface area (TPSA) is 79.3 Å². The molecule has 2 fully saturated rings. The molecule has 0 radical (unpaired) electrons. The lowest BCUT2D eigenvalue weighted by molar-refractivity contribution is -0.141. The van der Waals surface area contributed by atoms with Gasteiger partial charge in [-0.2, -0.15) is 0 Å². The van der Waals surface area contributed by atoms with E-state index in [4.69, 9.17) is 5.11 Å². The van der Waals surface area contributed by atoms with Crippen LogP contribution in [0.2, 0.25) is 0 Å². The molecule has 0 unspecified atom stereocenters. The summed E-state index contributed by atoms with van der Waals surface area (Å²) in [5, 5.41) is 14.4. The summed E-state index contributed by atoms with van der Waals surface area (Å²) in [4.78, 5) is 27.3. The van der Waals surface area contributed by atoms with Gasteiger partial charge in [0.15, 0.2) is 5.13 Å². The fourth-order valence-electron chi connectivity index (χ4n) is 2.56. The summed E-state index contributed by atoms with van der Waals surface area (Å²) in [5.41, 5.74) is 1.08. The molecule has 0 spiro atoms. The molecule has 6 heteroatoms. The van der Waals surface area contributed by atoms with Gasteiger partial charge < -0.3 is 10.4 Å². The first-order valence-electron chi connectivity index (χ1n) is 6.62. The van der Waals surface area contributed by atoms with Crippen molar-refractivity contribution in [2.24, 2.45) is 11.8 Å². The van der Waals surface area contributed by atoms with Gasteiger partial charge in [0.05, 0.1) is 11.6 Å². The minimum atomic E-state index is -0.791. The van der Waals surface area contributed by atoms with Crippen LogP contribution in [0, 0.1) is 11.8 Å². The van der Waals surface area contributed by atoms with Gasteiger partial charge in [-0.3, -0.25) is 9.59 Å². The van der Waals surface area contributed by atoms with E-state index in [2.05, 4.69) is 10.3 Å². The fourth-order valence-corrected chi connectivity index (χ4v) is 3.36. The summed E-state index contributed by atoms with van der Waals surface area (Å²) < 4.78 is 0. The van der Waals surface area contributed by atoms with Gasteiger partial charge in [-0.25, -0.2) is 4.98 Å². The van der Waals surface area contributed by atoms with Crippen molar-refractivity contribution in [1.29, 1.82) is 0 Å². The molecule has 2 N–H and O–H groups in total. The molecule has 2 aliphatic rings. The van der Waals surface area contributed by atoms with Gasteiger partial charge in [-0.15, -0.1) is 11.3 Å². The molecule has 3 rings (SSSR count). The molecule has 1 amide bonds. The molecular weight excluding hydrogens is 264 g/mol. The zero-order valence-electron chi connectivity index (χ0n) is 10.5. The second-order valence-electron chi connectivity index (χ2n) is 5.39. The highest BCUT2D eigenvalue weighted by atomic mass is 32.1. The highest BCUT2D eigenvalue weighted by Crippen LogP contribution is 2.41. The van der Waals surface area contributed by atoms with Crippen LogP contribution < -0.4 is 5.32 Å². The molecule has 1 aromatic heterocycles. The molecule has 2 aliphatic carbocycles. The van der Waals surface area contributed by atoms with E-state index in [1.165, 1.54) is 24.2 Å². The van der Waals surface area contributed by atoms with Crippen LogP contribution in [-0.4, -0.2) is 22.0 Å². The van der Waals surface area contributed by atoms with Crippen molar-refractivity contribution in [3.05, 3.63) is 11.1 Å². The quantitative estimate of drug-likeness (QED) is 0.888. The Balaban J connectivity index is 1.57. The van der Waals surface area contributed by atoms with Crippen molar-refractivity contribution < 1.29 is 14.7 Å². The summed E-state index contributed by atoms with van der Waals surface area (Å²) in [7, 11) is 0. The van der Waals surface area contributed by atoms with Crippen molar-refractivity contribution in [3.63, 3.8) is 0 Å². The Kier molecular flexibility index (Phi) is 3.26. The van der Waals surface area contributed by atoms with Crippen LogP contribution in [0.3, 0.4) is 0 Å². The number of thiazole rings is 1. The van der Waals surface area contributed by atoms with Gasteiger partial charge in [0.25, 0.3) is 0 Å². The van der Waals surface area contributed by atoms with Crippen molar-refractivity contribution in [2.75, 3.05) is 5.32 Å². The van der Waals surface area contributed by atoms with Gasteiger partial charge in [0.2, 0.25) is 5.91 Å². The maximum absolute atomic E-state index is 12.0. The summed E-state index contributed by atoms with van der Waals surface area (Å²) in [6.45, 7) is 0. The minimum Gasteiger partial charge on any atom is -0.481 e. The van der Waals surface area contributed by atoms with Crippen molar-refractivity contribution >= 4 is 28.3 Å². The average Bonchev–Trinajstić information content (AvgIpc) is 2.92. The van der Waals surface area contributed by atoms with E-state index in [9.17, 15) is 9.59 Å². The standard InChI is InChI=1S/C13H16N2O3S/c16-11(8-3-4-9(5-8)12(17)18)15-13-14-10(6-19-13)7-1-2-7/h6-9H,1-5H2,(H,17,18)(H,14,15,16)/t8-,9+/m1/s1. The Morgan fingerprint density at radius 3 is 2.63 bits per heavy atom. The van der Waals surface area contributed by atoms with E-state index in [0.717, 1.165) is 5.69 Å². The molecule has 5 nitrogen and oxygen atoms in total. The number of hydrogen-bond acceptors (Lipinski definition) is 4. The number of aromatic nitrogens is 1. The third kappa shape index (κ3) is 2.78. The monoisotopic (exact) mass is 280 g/mol. The van der Waals surface area contributed by atoms with Crippen molar-refractivity contribution in [3.8, 4) is 0 Å². The number of aliphatic carboxylic acids is 1. The van der Waals surface area contributed by atoms with Crippen molar-refractivity contribution in [1.82, 2.24) is 4.98 Å². The third-order valence-corrected chi connectivity index (χ3v) is 4.68. The number of carboxylic acid groups (broad SMARTS) is 1. The number of amides is 1. The van der Waals surface area contributed by atoms with E-state index in [1.54, 1.807) is 0 Å². The molecular formula is C13H16N2O3S. The smallest absolute Gasteiger partial charge is 0.306 e. The van der Waals surface area contributed by atoms with Gasteiger partial charge in [0, 0.05) is 17.2 Å². The van der Waals surface area contributed by atoms with Crippen LogP contribution in [-0.2, 0) is 9.59 Å². The van der Waals surface area contributed by atoms with Crippen LogP contribution in [0.4, 0.5) is 5.13 Å². The molecule has 1 heterocycles. The second kappa shape index (κ2) is 4.92. The van der Waals surface area contributed by atoms with Gasteiger partial charge >= 0.3 is 5.97 Å². The Bertz CT molecular complexity index is 510. The Morgan fingerprint density at radius 1 is 1.26 bits per heavy atom. The normalized spacial score (nSPS) is 26.3. The number of anilines is 1. The highest BCUT2D eigenvalue weighted by Gasteiger charge is 2.34. The summed E-state index contributed by atoms with van der Waals surface area (Å²) >= 11 is 1.45. The number of nitrogens with zero attached hydrogens (tertiary/aromatic N) is 1. The second-order valence-corrected chi connectivity index (χ2v) is 6.24. The maximum atomic E-state index is 12.0. The predicted octanol–water partition coefficient (Wildman–Crippen LogP) is 2.46. The summed E-state index contributed by atoms with van der Waals surface area (Å²) in [6.07, 6.45) is 4.09. The molecule has 102 valence electrons. The number of carbonyl (C=O) groups is 2. The lowest BCUT2D eigenvalue weighted by Gasteiger charge is -2.08. The number of carboxylic acids is 1. The van der Waals surface area contributed by atoms with Gasteiger partial charge in [-0.1, -0.05) is 0 Å². The van der Waals surface area contributed by atoms with E-state index < -0.39 is 5.97 Å². The summed E-state index contributed by atoms with van der Waals surface area (Å²) in [6, 6.07) is 0. The maximum Gasteiger partial charge on any atom is 0.306 e. The first kappa shape index (κ1) is 12.6. The zero-order valence-corrected chi connectivity index (χ0v) is 11.3. The first-order valence-corrected chi connectivity index (χ1v) is 7.50. The average molecular weight is 280 g/mol. The van der Waals surface area contributed by atoms with Crippen LogP contribution in [0.1, 0.15) is 43.7 Å². The molecule has 0 aromatic carbocycles. The Morgan fingerprint density at radius 2 is 2.00 bits per heavy atom. The number of carbonyl (C=O) groups excluding carboxylic acids is 1. The van der Waals surface area contributed by atoms with Crippen LogP contribution in [0.25, 0.3) is 0 Å². The van der Waals surface area contributed by atoms with Crippen molar-refractivity contribution in [2.45, 2.75) is 38.0 Å². The molecule has 0 aliphatic heterocycles. The van der Waals surface area contributed by atoms with E-state index >= 15 is 0 Å². The van der Waals surface area contributed by atoms with E-state index in [1.807, 2.05) is 5.38 Å². The molecule has 1 aromatic rings. The van der Waals surface area contributed by atoms with Crippen LogP contribution in [0.5, 0.6) is 0 Å². The predicted molar refractivity (Wildman–Crippen MR) is 71.2 cm³/mol. The minimum absolute atomic E-state index is 0.0829. The third-order valence-electron chi connectivity index (χ3n) is 3.90. The Hall–Kier alpha value is -1.43. The highest BCUT2D eigenvalue weighted by molar-refractivity contribution is 7.13. The Labute approximate surface area is 115 Å². The lowest BCUT2D eigenvalue weighted by atomic mass is 10.0. The molecule has 0 saturated heterocycles. The molecule has 2 saturated carbocycles. The lowest BCUT2D eigenvalue weighted by Crippen LogP contribution is -2.21. The first-order chi connectivity index (χ1) is 9.13.